The summed E-state index contributed by atoms with van der Waals surface area (Å²) in [6.07, 6.45) is 0. The Morgan fingerprint density at radius 2 is 0.635 bits per heavy atom. The van der Waals surface area contributed by atoms with Gasteiger partial charge in [0.1, 0.15) is 23.0 Å². The van der Waals surface area contributed by atoms with Crippen molar-refractivity contribution >= 4 is 115 Å². The lowest BCUT2D eigenvalue weighted by molar-refractivity contribution is 0.487. The molecule has 0 bridgehead atoms. The minimum absolute atomic E-state index is 0.317. The number of ether oxygens (including phenoxy) is 2. The Kier molecular flexibility index (Phi) is 9.59. The van der Waals surface area contributed by atoms with Crippen molar-refractivity contribution in [2.75, 3.05) is 19.6 Å². The van der Waals surface area contributed by atoms with Gasteiger partial charge in [-0.1, -0.05) is 146 Å². The second-order valence-electron chi connectivity index (χ2n) is 18.9. The largest absolute Gasteiger partial charge is 0.458 e. The zero-order valence-corrected chi connectivity index (χ0v) is 39.9. The summed E-state index contributed by atoms with van der Waals surface area (Å²) in [6, 6.07) is 89.1. The highest BCUT2D eigenvalue weighted by Gasteiger charge is 2.49. The number of hydrogen-bond acceptors (Lipinski definition) is 8. The molecule has 0 saturated carbocycles. The van der Waals surface area contributed by atoms with Gasteiger partial charge in [0.05, 0.1) is 22.6 Å². The number of fused-ring (bicyclic) bond motifs is 8. The molecular weight excluding hydrogens is 906 g/mol. The highest BCUT2D eigenvalue weighted by molar-refractivity contribution is 7.01. The molecule has 346 valence electrons. The maximum atomic E-state index is 7.10. The lowest BCUT2D eigenvalue weighted by Gasteiger charge is -2.43. The molecule has 0 N–H and O–H groups in total. The zero-order valence-electron chi connectivity index (χ0n) is 39.9. The lowest BCUT2D eigenvalue weighted by Crippen LogP contribution is -2.66. The van der Waals surface area contributed by atoms with Crippen LogP contribution in [-0.4, -0.2) is 23.4 Å². The number of para-hydroxylation sites is 8. The van der Waals surface area contributed by atoms with Crippen LogP contribution in [0.1, 0.15) is 0 Å². The van der Waals surface area contributed by atoms with E-state index in [4.69, 9.17) is 19.4 Å². The van der Waals surface area contributed by atoms with Crippen LogP contribution in [0.4, 0.5) is 68.5 Å². The van der Waals surface area contributed by atoms with E-state index in [1.807, 2.05) is 12.1 Å². The van der Waals surface area contributed by atoms with Crippen molar-refractivity contribution in [2.45, 2.75) is 0 Å². The highest BCUT2D eigenvalue weighted by atomic mass is 16.5. The van der Waals surface area contributed by atoms with E-state index in [0.717, 1.165) is 125 Å². The van der Waals surface area contributed by atoms with Crippen LogP contribution in [0.25, 0.3) is 0 Å². The molecule has 10 heteroatoms. The van der Waals surface area contributed by atoms with Crippen molar-refractivity contribution in [1.82, 2.24) is 9.97 Å². The van der Waals surface area contributed by atoms with Crippen LogP contribution in [0.15, 0.2) is 255 Å². The Bertz CT molecular complexity index is 3620. The molecule has 15 rings (SSSR count). The molecule has 8 nitrogen and oxygen atoms in total. The number of nitrogens with zero attached hydrogens (tertiary/aromatic N) is 6. The standard InChI is InChI=1S/C64H42B2N6O2/c1-7-23-43(24-8-1)69(44-25-9-2-10-26-44)49-39-53-59-57(41-49)73-55-37-21-19-35-51(55)65(59)61-63(71(53)47-31-15-5-16-32-47)68-64-62(67-61)66-52-36-20-22-38-56(52)74-58-42-50(40-54(60(58)66)72(64)48-33-17-6-18-34-48)70(45-27-11-3-12-28-45)46-29-13-4-14-30-46/h1-42H. The first kappa shape index (κ1) is 41.9. The molecule has 0 unspecified atom stereocenters. The average Bonchev–Trinajstić information content (AvgIpc) is 3.51. The molecule has 10 aromatic carbocycles. The van der Waals surface area contributed by atoms with Gasteiger partial charge in [0.15, 0.2) is 11.6 Å². The van der Waals surface area contributed by atoms with Gasteiger partial charge >= 0.3 is 0 Å². The van der Waals surface area contributed by atoms with Crippen molar-refractivity contribution in [3.63, 3.8) is 0 Å². The number of aromatic nitrogens is 2. The summed E-state index contributed by atoms with van der Waals surface area (Å²) < 4.78 is 14.2. The first-order valence-electron chi connectivity index (χ1n) is 25.1. The van der Waals surface area contributed by atoms with Crippen molar-refractivity contribution in [2.24, 2.45) is 0 Å². The predicted molar refractivity (Wildman–Crippen MR) is 303 cm³/mol. The van der Waals surface area contributed by atoms with Crippen LogP contribution in [0, 0.1) is 0 Å². The molecule has 0 spiro atoms. The summed E-state index contributed by atoms with van der Waals surface area (Å²) >= 11 is 0. The Labute approximate surface area is 429 Å². The van der Waals surface area contributed by atoms with Crippen LogP contribution in [0.2, 0.25) is 0 Å². The molecule has 0 amide bonds. The molecule has 74 heavy (non-hydrogen) atoms. The third-order valence-electron chi connectivity index (χ3n) is 14.7. The van der Waals surface area contributed by atoms with Gasteiger partial charge in [0, 0.05) is 57.6 Å². The third kappa shape index (κ3) is 6.58. The average molecular weight is 949 g/mol. The van der Waals surface area contributed by atoms with E-state index < -0.39 is 0 Å². The quantitative estimate of drug-likeness (QED) is 0.140. The van der Waals surface area contributed by atoms with Crippen LogP contribution >= 0.6 is 0 Å². The molecule has 4 aliphatic rings. The second kappa shape index (κ2) is 16.9. The van der Waals surface area contributed by atoms with Gasteiger partial charge in [0.25, 0.3) is 13.4 Å². The van der Waals surface area contributed by atoms with Gasteiger partial charge in [-0.15, -0.1) is 0 Å². The van der Waals surface area contributed by atoms with Gasteiger partial charge in [0.2, 0.25) is 0 Å². The van der Waals surface area contributed by atoms with Crippen LogP contribution < -0.4 is 62.1 Å². The number of anilines is 12. The van der Waals surface area contributed by atoms with Crippen molar-refractivity contribution in [3.8, 4) is 23.0 Å². The van der Waals surface area contributed by atoms with Gasteiger partial charge in [-0.05, 0) is 119 Å². The fraction of sp³-hybridized carbons (Fsp3) is 0. The maximum Gasteiger partial charge on any atom is 0.281 e. The van der Waals surface area contributed by atoms with E-state index in [1.54, 1.807) is 0 Å². The van der Waals surface area contributed by atoms with Gasteiger partial charge in [-0.2, -0.15) is 0 Å². The Balaban J connectivity index is 1.03. The Hall–Kier alpha value is -9.79. The summed E-state index contributed by atoms with van der Waals surface area (Å²) in [5.74, 6) is 4.62. The first-order valence-corrected chi connectivity index (χ1v) is 25.1. The fourth-order valence-electron chi connectivity index (χ4n) is 11.6. The molecule has 0 atom stereocenters. The SMILES string of the molecule is c1ccc(N(c2ccccc2)c2cc3c4c(c2)N(c2ccccc2)c2nc5c(nc2B4c2ccccc2O3)B2c3ccccc3Oc3cc(N(c4ccccc4)c4ccccc4)cc(c32)N5c2ccccc2)cc1. The molecule has 0 saturated heterocycles. The highest BCUT2D eigenvalue weighted by Crippen LogP contribution is 2.48. The lowest BCUT2D eigenvalue weighted by atomic mass is 9.34. The molecule has 1 aromatic heterocycles. The van der Waals surface area contributed by atoms with Crippen molar-refractivity contribution < 1.29 is 9.47 Å². The summed E-state index contributed by atoms with van der Waals surface area (Å²) in [5.41, 5.74) is 15.7. The van der Waals surface area contributed by atoms with E-state index in [2.05, 4.69) is 262 Å². The molecule has 4 aliphatic heterocycles. The summed E-state index contributed by atoms with van der Waals surface area (Å²) in [6.45, 7) is -0.634. The summed E-state index contributed by atoms with van der Waals surface area (Å²) in [5, 5.41) is 0. The van der Waals surface area contributed by atoms with Crippen LogP contribution in [-0.2, 0) is 0 Å². The number of rotatable bonds is 8. The van der Waals surface area contributed by atoms with E-state index >= 15 is 0 Å². The topological polar surface area (TPSA) is 57.2 Å². The Morgan fingerprint density at radius 3 is 1.00 bits per heavy atom. The smallest absolute Gasteiger partial charge is 0.281 e. The van der Waals surface area contributed by atoms with Crippen LogP contribution in [0.3, 0.4) is 0 Å². The molecule has 0 radical (unpaired) electrons. The number of hydrogen-bond donors (Lipinski definition) is 0. The van der Waals surface area contributed by atoms with Gasteiger partial charge in [-0.3, -0.25) is 14.8 Å². The molecule has 5 heterocycles. The van der Waals surface area contributed by atoms with Crippen molar-refractivity contribution in [1.29, 1.82) is 0 Å². The van der Waals surface area contributed by atoms with Gasteiger partial charge < -0.3 is 19.3 Å². The van der Waals surface area contributed by atoms with E-state index in [0.29, 0.717) is 0 Å². The molecule has 0 aliphatic carbocycles. The second-order valence-corrected chi connectivity index (χ2v) is 18.9. The minimum Gasteiger partial charge on any atom is -0.458 e. The zero-order chi connectivity index (χ0) is 48.7. The monoisotopic (exact) mass is 948 g/mol. The molecular formula is C64H42B2N6O2. The first-order chi connectivity index (χ1) is 36.7. The van der Waals surface area contributed by atoms with E-state index in [-0.39, 0.29) is 13.4 Å². The summed E-state index contributed by atoms with van der Waals surface area (Å²) in [4.78, 5) is 21.4. The maximum absolute atomic E-state index is 7.10. The summed E-state index contributed by atoms with van der Waals surface area (Å²) in [7, 11) is 0. The minimum atomic E-state index is -0.317. The van der Waals surface area contributed by atoms with Gasteiger partial charge in [-0.25, -0.2) is 4.98 Å². The normalized spacial score (nSPS) is 13.0. The number of benzene rings is 10. The van der Waals surface area contributed by atoms with Crippen LogP contribution in [0.5, 0.6) is 23.0 Å². The van der Waals surface area contributed by atoms with E-state index in [1.165, 1.54) is 0 Å². The fourth-order valence-corrected chi connectivity index (χ4v) is 11.6. The van der Waals surface area contributed by atoms with Crippen molar-refractivity contribution in [3.05, 3.63) is 255 Å². The predicted octanol–water partition coefficient (Wildman–Crippen LogP) is 12.2. The molecule has 0 fully saturated rings. The molecule has 11 aromatic rings. The third-order valence-corrected chi connectivity index (χ3v) is 14.7. The Morgan fingerprint density at radius 1 is 0.311 bits per heavy atom. The van der Waals surface area contributed by atoms with E-state index in [9.17, 15) is 0 Å².